The lowest BCUT2D eigenvalue weighted by atomic mass is 9.81. The van der Waals surface area contributed by atoms with Gasteiger partial charge in [0, 0.05) is 31.6 Å². The van der Waals surface area contributed by atoms with Gasteiger partial charge in [-0.15, -0.1) is 0 Å². The van der Waals surface area contributed by atoms with Crippen LogP contribution in [-0.2, 0) is 4.79 Å². The van der Waals surface area contributed by atoms with E-state index in [1.165, 1.54) is 24.2 Å². The smallest absolute Gasteiger partial charge is 0.407 e. The molecule has 3 aliphatic rings. The molecule has 0 aromatic carbocycles. The van der Waals surface area contributed by atoms with Crippen molar-refractivity contribution >= 4 is 12.0 Å². The number of amides is 2. The maximum Gasteiger partial charge on any atom is 0.407 e. The molecule has 2 bridgehead atoms. The van der Waals surface area contributed by atoms with Crippen molar-refractivity contribution in [1.82, 2.24) is 9.80 Å². The molecule has 0 spiro atoms. The second kappa shape index (κ2) is 5.26. The Kier molecular flexibility index (Phi) is 3.61. The van der Waals surface area contributed by atoms with Crippen LogP contribution in [0.2, 0.25) is 0 Å². The molecule has 0 radical (unpaired) electrons. The molecular formula is C15H24N2O3. The molecule has 3 atom stereocenters. The van der Waals surface area contributed by atoms with Gasteiger partial charge in [-0.2, -0.15) is 0 Å². The zero-order valence-corrected chi connectivity index (χ0v) is 12.1. The van der Waals surface area contributed by atoms with Crippen LogP contribution >= 0.6 is 0 Å². The first-order valence-corrected chi connectivity index (χ1v) is 7.83. The van der Waals surface area contributed by atoms with Crippen LogP contribution in [0.15, 0.2) is 0 Å². The molecule has 0 aromatic rings. The highest BCUT2D eigenvalue weighted by Crippen LogP contribution is 2.39. The normalized spacial score (nSPS) is 32.9. The van der Waals surface area contributed by atoms with Crippen LogP contribution in [0.3, 0.4) is 0 Å². The second-order valence-electron chi connectivity index (χ2n) is 6.71. The molecule has 3 fully saturated rings. The number of carboxylic acid groups (broad SMARTS) is 1. The van der Waals surface area contributed by atoms with E-state index < -0.39 is 6.09 Å². The van der Waals surface area contributed by atoms with Crippen molar-refractivity contribution in [3.63, 3.8) is 0 Å². The molecular weight excluding hydrogens is 256 g/mol. The highest BCUT2D eigenvalue weighted by atomic mass is 16.4. The molecule has 3 rings (SSSR count). The molecule has 5 heteroatoms. The minimum Gasteiger partial charge on any atom is -0.465 e. The van der Waals surface area contributed by atoms with Crippen LogP contribution < -0.4 is 0 Å². The zero-order chi connectivity index (χ0) is 14.3. The van der Waals surface area contributed by atoms with Crippen molar-refractivity contribution in [3.8, 4) is 0 Å². The third-order valence-corrected chi connectivity index (χ3v) is 5.25. The Bertz CT molecular complexity index is 394. The predicted molar refractivity (Wildman–Crippen MR) is 74.4 cm³/mol. The predicted octanol–water partition coefficient (Wildman–Crippen LogP) is 2.31. The van der Waals surface area contributed by atoms with Crippen LogP contribution in [0.25, 0.3) is 0 Å². The third kappa shape index (κ3) is 2.63. The average molecular weight is 280 g/mol. The Labute approximate surface area is 119 Å². The molecule has 2 saturated heterocycles. The van der Waals surface area contributed by atoms with Crippen molar-refractivity contribution < 1.29 is 14.7 Å². The number of nitrogens with zero attached hydrogens (tertiary/aromatic N) is 2. The number of rotatable bonds is 3. The molecule has 2 aliphatic heterocycles. The van der Waals surface area contributed by atoms with E-state index in [1.54, 1.807) is 7.05 Å². The summed E-state index contributed by atoms with van der Waals surface area (Å²) in [6.07, 6.45) is 7.15. The van der Waals surface area contributed by atoms with Crippen molar-refractivity contribution in [3.05, 3.63) is 0 Å². The van der Waals surface area contributed by atoms with Gasteiger partial charge in [0.2, 0.25) is 5.91 Å². The van der Waals surface area contributed by atoms with Gasteiger partial charge in [-0.1, -0.05) is 0 Å². The van der Waals surface area contributed by atoms with E-state index >= 15 is 0 Å². The van der Waals surface area contributed by atoms with E-state index in [1.807, 2.05) is 0 Å². The summed E-state index contributed by atoms with van der Waals surface area (Å²) >= 11 is 0. The van der Waals surface area contributed by atoms with Crippen LogP contribution in [0.5, 0.6) is 0 Å². The Hall–Kier alpha value is -1.26. The van der Waals surface area contributed by atoms with Crippen LogP contribution in [0.1, 0.15) is 51.4 Å². The standard InChI is InChI=1S/C15H24N2O3/c1-16(15(19)20)13-8-11-3-2-4-12(9-13)17(11)14(18)7-10-5-6-10/h10-13H,2-9H2,1H3,(H,19,20)/t11-,12+,13+. The summed E-state index contributed by atoms with van der Waals surface area (Å²) in [4.78, 5) is 27.2. The summed E-state index contributed by atoms with van der Waals surface area (Å²) in [5.74, 6) is 0.946. The SMILES string of the molecule is CN(C(=O)O)[C@H]1C[C@H]2CCC[C@@H](C1)N2C(=O)CC1CC1. The lowest BCUT2D eigenvalue weighted by molar-refractivity contribution is -0.142. The summed E-state index contributed by atoms with van der Waals surface area (Å²) in [5, 5.41) is 9.15. The van der Waals surface area contributed by atoms with Gasteiger partial charge in [-0.25, -0.2) is 4.79 Å². The first-order valence-electron chi connectivity index (χ1n) is 7.83. The number of hydrogen-bond donors (Lipinski definition) is 1. The lowest BCUT2D eigenvalue weighted by Crippen LogP contribution is -2.58. The molecule has 0 aromatic heterocycles. The zero-order valence-electron chi connectivity index (χ0n) is 12.1. The van der Waals surface area contributed by atoms with Gasteiger partial charge in [0.05, 0.1) is 0 Å². The van der Waals surface area contributed by atoms with Gasteiger partial charge in [0.1, 0.15) is 0 Å². The Morgan fingerprint density at radius 2 is 1.75 bits per heavy atom. The summed E-state index contributed by atoms with van der Waals surface area (Å²) < 4.78 is 0. The quantitative estimate of drug-likeness (QED) is 0.863. The van der Waals surface area contributed by atoms with Gasteiger partial charge < -0.3 is 14.9 Å². The lowest BCUT2D eigenvalue weighted by Gasteiger charge is -2.50. The number of fused-ring (bicyclic) bond motifs is 2. The summed E-state index contributed by atoms with van der Waals surface area (Å²) in [5.41, 5.74) is 0. The first-order chi connectivity index (χ1) is 9.56. The molecule has 112 valence electrons. The number of carbonyl (C=O) groups is 2. The molecule has 5 nitrogen and oxygen atoms in total. The fourth-order valence-electron chi connectivity index (χ4n) is 3.91. The fourth-order valence-corrected chi connectivity index (χ4v) is 3.91. The highest BCUT2D eigenvalue weighted by molar-refractivity contribution is 5.78. The number of piperidine rings is 2. The molecule has 2 heterocycles. The van der Waals surface area contributed by atoms with E-state index in [2.05, 4.69) is 4.90 Å². The van der Waals surface area contributed by atoms with E-state index in [-0.39, 0.29) is 18.1 Å². The molecule has 0 unspecified atom stereocenters. The molecule has 1 saturated carbocycles. The molecule has 2 amide bonds. The van der Waals surface area contributed by atoms with Gasteiger partial charge >= 0.3 is 6.09 Å². The number of hydrogen-bond acceptors (Lipinski definition) is 2. The van der Waals surface area contributed by atoms with Crippen molar-refractivity contribution in [2.45, 2.75) is 69.5 Å². The summed E-state index contributed by atoms with van der Waals surface area (Å²) in [6.45, 7) is 0. The maximum atomic E-state index is 12.5. The van der Waals surface area contributed by atoms with Gasteiger partial charge in [-0.3, -0.25) is 4.79 Å². The van der Waals surface area contributed by atoms with Crippen LogP contribution in [0, 0.1) is 5.92 Å². The summed E-state index contributed by atoms with van der Waals surface area (Å²) in [6, 6.07) is 0.605. The van der Waals surface area contributed by atoms with Crippen molar-refractivity contribution in [2.24, 2.45) is 5.92 Å². The van der Waals surface area contributed by atoms with Gasteiger partial charge in [0.15, 0.2) is 0 Å². The Morgan fingerprint density at radius 1 is 1.15 bits per heavy atom. The van der Waals surface area contributed by atoms with Crippen molar-refractivity contribution in [2.75, 3.05) is 7.05 Å². The third-order valence-electron chi connectivity index (χ3n) is 5.25. The first kappa shape index (κ1) is 13.7. The Morgan fingerprint density at radius 3 is 2.25 bits per heavy atom. The topological polar surface area (TPSA) is 60.9 Å². The highest BCUT2D eigenvalue weighted by Gasteiger charge is 2.43. The molecule has 1 aliphatic carbocycles. The van der Waals surface area contributed by atoms with E-state index in [0.717, 1.165) is 25.7 Å². The second-order valence-corrected chi connectivity index (χ2v) is 6.71. The Balaban J connectivity index is 1.68. The average Bonchev–Trinajstić information content (AvgIpc) is 3.19. The molecule has 20 heavy (non-hydrogen) atoms. The van der Waals surface area contributed by atoms with Gasteiger partial charge in [0.25, 0.3) is 0 Å². The monoisotopic (exact) mass is 280 g/mol. The van der Waals surface area contributed by atoms with E-state index in [0.29, 0.717) is 18.2 Å². The molecule has 1 N–H and O–H groups in total. The van der Waals surface area contributed by atoms with Crippen molar-refractivity contribution in [1.29, 1.82) is 0 Å². The summed E-state index contributed by atoms with van der Waals surface area (Å²) in [7, 11) is 1.66. The van der Waals surface area contributed by atoms with Crippen LogP contribution in [0.4, 0.5) is 4.79 Å². The maximum absolute atomic E-state index is 12.5. The van der Waals surface area contributed by atoms with E-state index in [9.17, 15) is 9.59 Å². The number of carbonyl (C=O) groups excluding carboxylic acids is 1. The van der Waals surface area contributed by atoms with E-state index in [4.69, 9.17) is 5.11 Å². The van der Waals surface area contributed by atoms with Crippen LogP contribution in [-0.4, -0.2) is 52.1 Å². The minimum absolute atomic E-state index is 0.0766. The van der Waals surface area contributed by atoms with Gasteiger partial charge in [-0.05, 0) is 50.9 Å². The largest absolute Gasteiger partial charge is 0.465 e. The minimum atomic E-state index is -0.856. The fraction of sp³-hybridized carbons (Fsp3) is 0.867.